The Balaban J connectivity index is 1.75. The topological polar surface area (TPSA) is 61.8 Å². The number of allylic oxidation sites excluding steroid dienone is 1. The molecule has 3 aromatic carbocycles. The smallest absolute Gasteiger partial charge is 0.245 e. The molecule has 0 fully saturated rings. The lowest BCUT2D eigenvalue weighted by atomic mass is 9.88. The van der Waals surface area contributed by atoms with Crippen molar-refractivity contribution in [1.29, 1.82) is 0 Å². The number of hydrogen-bond acceptors (Lipinski definition) is 4. The maximum absolute atomic E-state index is 11.5. The van der Waals surface area contributed by atoms with Crippen molar-refractivity contribution in [3.63, 3.8) is 0 Å². The summed E-state index contributed by atoms with van der Waals surface area (Å²) in [4.78, 5) is 13.1. The van der Waals surface area contributed by atoms with Gasteiger partial charge in [-0.3, -0.25) is 4.79 Å². The molecule has 6 heteroatoms. The number of carbonyl (C=O) groups is 1. The van der Waals surface area contributed by atoms with Crippen LogP contribution in [0.5, 0.6) is 11.5 Å². The van der Waals surface area contributed by atoms with E-state index in [4.69, 9.17) is 16.3 Å². The molecule has 0 bridgehead atoms. The maximum Gasteiger partial charge on any atom is 0.245 e. The highest BCUT2D eigenvalue weighted by molar-refractivity contribution is 6.33. The van der Waals surface area contributed by atoms with Gasteiger partial charge in [-0.25, -0.2) is 0 Å². The van der Waals surface area contributed by atoms with Crippen LogP contribution in [0, 0.1) is 0 Å². The van der Waals surface area contributed by atoms with Gasteiger partial charge in [-0.1, -0.05) is 67.1 Å². The highest BCUT2D eigenvalue weighted by atomic mass is 35.5. The van der Waals surface area contributed by atoms with Crippen molar-refractivity contribution in [2.75, 3.05) is 33.8 Å². The molecule has 188 valence electrons. The number of likely N-dealkylation sites (N-methyl/N-ethyl adjacent to an activating group) is 1. The number of nitrogens with zero attached hydrogens (tertiary/aromatic N) is 1. The third-order valence-electron chi connectivity index (χ3n) is 5.65. The predicted octanol–water partition coefficient (Wildman–Crippen LogP) is 6.03. The van der Waals surface area contributed by atoms with E-state index in [1.54, 1.807) is 38.4 Å². The molecule has 0 spiro atoms. The first-order valence-electron chi connectivity index (χ1n) is 12.0. The number of benzene rings is 3. The van der Waals surface area contributed by atoms with Gasteiger partial charge in [-0.15, -0.1) is 0 Å². The van der Waals surface area contributed by atoms with Crippen LogP contribution in [0.1, 0.15) is 30.0 Å². The maximum atomic E-state index is 11.5. The highest BCUT2D eigenvalue weighted by Gasteiger charge is 2.16. The largest absolute Gasteiger partial charge is 0.508 e. The van der Waals surface area contributed by atoms with Crippen molar-refractivity contribution in [3.8, 4) is 11.5 Å². The zero-order valence-electron chi connectivity index (χ0n) is 21.0. The molecule has 0 unspecified atom stereocenters. The molecule has 3 rings (SSSR count). The van der Waals surface area contributed by atoms with E-state index in [1.165, 1.54) is 10.5 Å². The van der Waals surface area contributed by atoms with Crippen LogP contribution in [0.3, 0.4) is 0 Å². The van der Waals surface area contributed by atoms with Gasteiger partial charge in [0.15, 0.2) is 0 Å². The standard InChI is InChI=1S/C30H33ClN2O3/c1-4-26(22-9-6-5-7-10-22)30(27-17-14-24(34)21-28(27)31)23-12-15-25(16-13-23)36-20-19-32-18-8-11-29(35)33(2)3/h5-17,21,32,34H,4,18-20H2,1-3H3/b11-8+,30-26+. The van der Waals surface area contributed by atoms with Crippen LogP contribution in [-0.4, -0.2) is 49.7 Å². The Hall–Kier alpha value is -3.54. The van der Waals surface area contributed by atoms with E-state index in [2.05, 4.69) is 24.4 Å². The average Bonchev–Trinajstić information content (AvgIpc) is 2.88. The fourth-order valence-corrected chi connectivity index (χ4v) is 4.09. The summed E-state index contributed by atoms with van der Waals surface area (Å²) >= 11 is 6.60. The minimum Gasteiger partial charge on any atom is -0.508 e. The van der Waals surface area contributed by atoms with Crippen LogP contribution in [0.25, 0.3) is 11.1 Å². The molecule has 0 aliphatic rings. The SMILES string of the molecule is CC/C(=C(/c1ccc(OCCNC/C=C/C(=O)N(C)C)cc1)c1ccc(O)cc1Cl)c1ccccc1. The number of carbonyl (C=O) groups excluding carboxylic acids is 1. The molecule has 1 amide bonds. The number of phenols is 1. The molecule has 0 aromatic heterocycles. The molecule has 0 heterocycles. The Kier molecular flexibility index (Phi) is 10.2. The summed E-state index contributed by atoms with van der Waals surface area (Å²) in [6, 6.07) is 23.4. The number of rotatable bonds is 11. The average molecular weight is 505 g/mol. The van der Waals surface area contributed by atoms with Crippen molar-refractivity contribution in [1.82, 2.24) is 10.2 Å². The Bertz CT molecular complexity index is 1200. The van der Waals surface area contributed by atoms with Crippen molar-refractivity contribution in [2.24, 2.45) is 0 Å². The summed E-state index contributed by atoms with van der Waals surface area (Å²) < 4.78 is 5.89. The van der Waals surface area contributed by atoms with Crippen LogP contribution < -0.4 is 10.1 Å². The fraction of sp³-hybridized carbons (Fsp3) is 0.233. The van der Waals surface area contributed by atoms with Gasteiger partial charge in [0.2, 0.25) is 5.91 Å². The summed E-state index contributed by atoms with van der Waals surface area (Å²) in [5.41, 5.74) is 5.22. The summed E-state index contributed by atoms with van der Waals surface area (Å²) in [6.07, 6.45) is 4.17. The Morgan fingerprint density at radius 1 is 1.03 bits per heavy atom. The van der Waals surface area contributed by atoms with Gasteiger partial charge in [-0.2, -0.15) is 0 Å². The number of amides is 1. The van der Waals surface area contributed by atoms with Gasteiger partial charge in [0.25, 0.3) is 0 Å². The van der Waals surface area contributed by atoms with E-state index < -0.39 is 0 Å². The van der Waals surface area contributed by atoms with Crippen molar-refractivity contribution in [2.45, 2.75) is 13.3 Å². The summed E-state index contributed by atoms with van der Waals surface area (Å²) in [5, 5.41) is 13.6. The Labute approximate surface area is 218 Å². The second-order valence-corrected chi connectivity index (χ2v) is 8.86. The molecule has 2 N–H and O–H groups in total. The minimum atomic E-state index is -0.0337. The van der Waals surface area contributed by atoms with Gasteiger partial charge in [0.1, 0.15) is 18.1 Å². The molecule has 0 radical (unpaired) electrons. The lowest BCUT2D eigenvalue weighted by Crippen LogP contribution is -2.22. The van der Waals surface area contributed by atoms with E-state index in [1.807, 2.05) is 48.5 Å². The zero-order valence-corrected chi connectivity index (χ0v) is 21.8. The molecule has 5 nitrogen and oxygen atoms in total. The van der Waals surface area contributed by atoms with Crippen LogP contribution in [0.2, 0.25) is 5.02 Å². The van der Waals surface area contributed by atoms with Gasteiger partial charge >= 0.3 is 0 Å². The number of phenolic OH excluding ortho intramolecular Hbond substituents is 1. The first kappa shape index (κ1) is 27.1. The van der Waals surface area contributed by atoms with Crippen LogP contribution in [0.15, 0.2) is 84.9 Å². The van der Waals surface area contributed by atoms with Crippen molar-refractivity contribution >= 4 is 28.7 Å². The molecule has 0 saturated heterocycles. The van der Waals surface area contributed by atoms with Crippen LogP contribution in [0.4, 0.5) is 0 Å². The first-order chi connectivity index (χ1) is 17.4. The number of ether oxygens (including phenoxy) is 1. The Morgan fingerprint density at radius 2 is 1.75 bits per heavy atom. The monoisotopic (exact) mass is 504 g/mol. The fourth-order valence-electron chi connectivity index (χ4n) is 3.82. The molecular formula is C30H33ClN2O3. The van der Waals surface area contributed by atoms with E-state index in [0.29, 0.717) is 24.7 Å². The third-order valence-corrected chi connectivity index (χ3v) is 5.97. The summed E-state index contributed by atoms with van der Waals surface area (Å²) in [6.45, 7) is 3.89. The van der Waals surface area contributed by atoms with Gasteiger partial charge < -0.3 is 20.1 Å². The molecular weight excluding hydrogens is 472 g/mol. The first-order valence-corrected chi connectivity index (χ1v) is 12.4. The lowest BCUT2D eigenvalue weighted by molar-refractivity contribution is -0.123. The molecule has 36 heavy (non-hydrogen) atoms. The molecule has 0 aliphatic carbocycles. The molecule has 3 aromatic rings. The van der Waals surface area contributed by atoms with E-state index in [-0.39, 0.29) is 11.7 Å². The second-order valence-electron chi connectivity index (χ2n) is 8.45. The number of aromatic hydroxyl groups is 1. The third kappa shape index (κ3) is 7.48. The highest BCUT2D eigenvalue weighted by Crippen LogP contribution is 2.38. The summed E-state index contributed by atoms with van der Waals surface area (Å²) in [5.74, 6) is 0.874. The summed E-state index contributed by atoms with van der Waals surface area (Å²) in [7, 11) is 3.45. The normalized spacial score (nSPS) is 11.9. The van der Waals surface area contributed by atoms with Gasteiger partial charge in [-0.05, 0) is 59.0 Å². The molecule has 0 aliphatic heterocycles. The predicted molar refractivity (Wildman–Crippen MR) is 148 cm³/mol. The number of hydrogen-bond donors (Lipinski definition) is 2. The number of halogens is 1. The van der Waals surface area contributed by atoms with Crippen LogP contribution in [-0.2, 0) is 4.79 Å². The quantitative estimate of drug-likeness (QED) is 0.190. The second kappa shape index (κ2) is 13.5. The number of nitrogens with one attached hydrogen (secondary N) is 1. The molecule has 0 saturated carbocycles. The van der Waals surface area contributed by atoms with Crippen LogP contribution >= 0.6 is 11.6 Å². The zero-order chi connectivity index (χ0) is 25.9. The van der Waals surface area contributed by atoms with E-state index in [9.17, 15) is 9.90 Å². The molecule has 0 atom stereocenters. The van der Waals surface area contributed by atoms with Gasteiger partial charge in [0.05, 0.1) is 5.02 Å². The Morgan fingerprint density at radius 3 is 2.39 bits per heavy atom. The van der Waals surface area contributed by atoms with E-state index >= 15 is 0 Å². The van der Waals surface area contributed by atoms with Crippen molar-refractivity contribution in [3.05, 3.63) is 107 Å². The lowest BCUT2D eigenvalue weighted by Gasteiger charge is -2.18. The van der Waals surface area contributed by atoms with Crippen molar-refractivity contribution < 1.29 is 14.6 Å². The minimum absolute atomic E-state index is 0.0337. The van der Waals surface area contributed by atoms with E-state index in [0.717, 1.165) is 34.4 Å². The van der Waals surface area contributed by atoms with Gasteiger partial charge in [0, 0.05) is 38.8 Å².